The minimum absolute atomic E-state index is 0.0486. The largest absolute Gasteiger partial charge is 0.454 e. The standard InChI is InChI=1S/C17H15N3O5S/c1-20-16(19-13-5-3-2-4-12(13)17(20)21)9-18-26(22,23)11-6-7-14-15(8-11)25-10-24-14/h2-8,18H,9-10H2,1H3. The highest BCUT2D eigenvalue weighted by Crippen LogP contribution is 2.33. The SMILES string of the molecule is Cn1c(CNS(=O)(=O)c2ccc3c(c2)OCO3)nc2ccccc2c1=O. The van der Waals surface area contributed by atoms with Crippen molar-refractivity contribution in [1.82, 2.24) is 14.3 Å². The maximum atomic E-state index is 12.5. The molecule has 3 aromatic rings. The summed E-state index contributed by atoms with van der Waals surface area (Å²) in [4.78, 5) is 16.8. The van der Waals surface area contributed by atoms with Crippen molar-refractivity contribution < 1.29 is 17.9 Å². The highest BCUT2D eigenvalue weighted by molar-refractivity contribution is 7.89. The zero-order chi connectivity index (χ0) is 18.3. The first-order valence-electron chi connectivity index (χ1n) is 7.80. The molecule has 0 aliphatic carbocycles. The Kier molecular flexibility index (Phi) is 3.89. The van der Waals surface area contributed by atoms with Crippen molar-refractivity contribution in [3.8, 4) is 11.5 Å². The van der Waals surface area contributed by atoms with Crippen molar-refractivity contribution in [3.63, 3.8) is 0 Å². The summed E-state index contributed by atoms with van der Waals surface area (Å²) in [6, 6.07) is 11.3. The Balaban J connectivity index is 1.63. The van der Waals surface area contributed by atoms with Crippen LogP contribution in [0.1, 0.15) is 5.82 Å². The van der Waals surface area contributed by atoms with Gasteiger partial charge in [-0.2, -0.15) is 0 Å². The molecular formula is C17H15N3O5S. The van der Waals surface area contributed by atoms with E-state index in [9.17, 15) is 13.2 Å². The van der Waals surface area contributed by atoms with Crippen LogP contribution in [0, 0.1) is 0 Å². The zero-order valence-corrected chi connectivity index (χ0v) is 14.6. The van der Waals surface area contributed by atoms with E-state index in [0.29, 0.717) is 28.2 Å². The molecule has 0 amide bonds. The molecule has 134 valence electrons. The van der Waals surface area contributed by atoms with E-state index in [1.165, 1.54) is 16.7 Å². The Morgan fingerprint density at radius 3 is 2.77 bits per heavy atom. The summed E-state index contributed by atoms with van der Waals surface area (Å²) in [7, 11) is -2.24. The summed E-state index contributed by atoms with van der Waals surface area (Å²) in [5.74, 6) is 1.20. The van der Waals surface area contributed by atoms with E-state index in [-0.39, 0.29) is 23.8 Å². The first-order valence-corrected chi connectivity index (χ1v) is 9.28. The van der Waals surface area contributed by atoms with Crippen LogP contribution in [0.25, 0.3) is 10.9 Å². The fourth-order valence-electron chi connectivity index (χ4n) is 2.71. The molecule has 9 heteroatoms. The van der Waals surface area contributed by atoms with Crippen LogP contribution in [0.2, 0.25) is 0 Å². The van der Waals surface area contributed by atoms with Crippen molar-refractivity contribution in [3.05, 3.63) is 58.6 Å². The third-order valence-corrected chi connectivity index (χ3v) is 5.55. The van der Waals surface area contributed by atoms with Crippen LogP contribution in [0.5, 0.6) is 11.5 Å². The summed E-state index contributed by atoms with van der Waals surface area (Å²) in [6.45, 7) is -0.0528. The first-order chi connectivity index (χ1) is 12.5. The van der Waals surface area contributed by atoms with Gasteiger partial charge in [0.15, 0.2) is 11.5 Å². The number of ether oxygens (including phenoxy) is 2. The van der Waals surface area contributed by atoms with Gasteiger partial charge < -0.3 is 9.47 Å². The minimum atomic E-state index is -3.80. The average molecular weight is 373 g/mol. The molecule has 1 aliphatic rings. The number of nitrogens with zero attached hydrogens (tertiary/aromatic N) is 2. The molecule has 1 aromatic heterocycles. The number of rotatable bonds is 4. The topological polar surface area (TPSA) is 99.5 Å². The lowest BCUT2D eigenvalue weighted by atomic mass is 10.2. The van der Waals surface area contributed by atoms with Crippen molar-refractivity contribution in [2.75, 3.05) is 6.79 Å². The summed E-state index contributed by atoms with van der Waals surface area (Å²) in [5.41, 5.74) is 0.292. The van der Waals surface area contributed by atoms with E-state index >= 15 is 0 Å². The monoisotopic (exact) mass is 373 g/mol. The molecule has 0 radical (unpaired) electrons. The number of nitrogens with one attached hydrogen (secondary N) is 1. The molecule has 0 saturated carbocycles. The van der Waals surface area contributed by atoms with Gasteiger partial charge in [-0.3, -0.25) is 9.36 Å². The lowest BCUT2D eigenvalue weighted by molar-refractivity contribution is 0.174. The summed E-state index contributed by atoms with van der Waals surface area (Å²) in [6.07, 6.45) is 0. The fraction of sp³-hybridized carbons (Fsp3) is 0.176. The molecule has 1 N–H and O–H groups in total. The van der Waals surface area contributed by atoms with Crippen LogP contribution in [0.15, 0.2) is 52.2 Å². The molecule has 0 fully saturated rings. The van der Waals surface area contributed by atoms with Crippen molar-refractivity contribution >= 4 is 20.9 Å². The number of hydrogen-bond donors (Lipinski definition) is 1. The molecule has 8 nitrogen and oxygen atoms in total. The van der Waals surface area contributed by atoms with Gasteiger partial charge in [-0.05, 0) is 24.3 Å². The zero-order valence-electron chi connectivity index (χ0n) is 13.8. The van der Waals surface area contributed by atoms with Crippen molar-refractivity contribution in [2.45, 2.75) is 11.4 Å². The third kappa shape index (κ3) is 2.80. The number of hydrogen-bond acceptors (Lipinski definition) is 6. The quantitative estimate of drug-likeness (QED) is 0.736. The second-order valence-corrected chi connectivity index (χ2v) is 7.52. The third-order valence-electron chi connectivity index (χ3n) is 4.15. The maximum absolute atomic E-state index is 12.5. The van der Waals surface area contributed by atoms with E-state index in [4.69, 9.17) is 9.47 Å². The van der Waals surface area contributed by atoms with Gasteiger partial charge in [-0.1, -0.05) is 12.1 Å². The number of para-hydroxylation sites is 1. The Morgan fingerprint density at radius 1 is 1.15 bits per heavy atom. The number of aromatic nitrogens is 2. The van der Waals surface area contributed by atoms with Gasteiger partial charge in [0.25, 0.3) is 5.56 Å². The molecule has 2 heterocycles. The van der Waals surface area contributed by atoms with E-state index in [2.05, 4.69) is 9.71 Å². The lowest BCUT2D eigenvalue weighted by Crippen LogP contribution is -2.29. The van der Waals surface area contributed by atoms with Crippen LogP contribution in [-0.2, 0) is 23.6 Å². The first kappa shape index (κ1) is 16.6. The normalized spacial score (nSPS) is 13.3. The highest BCUT2D eigenvalue weighted by atomic mass is 32.2. The van der Waals surface area contributed by atoms with Gasteiger partial charge in [0.2, 0.25) is 16.8 Å². The number of sulfonamides is 1. The molecule has 1 aliphatic heterocycles. The second-order valence-electron chi connectivity index (χ2n) is 5.75. The predicted octanol–water partition coefficient (Wildman–Crippen LogP) is 1.14. The van der Waals surface area contributed by atoms with Gasteiger partial charge in [-0.25, -0.2) is 18.1 Å². The van der Waals surface area contributed by atoms with Crippen LogP contribution < -0.4 is 19.8 Å². The Hall–Kier alpha value is -2.91. The Bertz CT molecular complexity index is 1170. The summed E-state index contributed by atoms with van der Waals surface area (Å²) < 4.78 is 39.3. The molecule has 0 unspecified atom stereocenters. The van der Waals surface area contributed by atoms with Gasteiger partial charge in [-0.15, -0.1) is 0 Å². The number of benzene rings is 2. The fourth-order valence-corrected chi connectivity index (χ4v) is 3.70. The lowest BCUT2D eigenvalue weighted by Gasteiger charge is -2.11. The molecule has 0 spiro atoms. The molecular weight excluding hydrogens is 358 g/mol. The van der Waals surface area contributed by atoms with E-state index in [0.717, 1.165) is 0 Å². The smallest absolute Gasteiger partial charge is 0.261 e. The molecule has 26 heavy (non-hydrogen) atoms. The van der Waals surface area contributed by atoms with E-state index in [1.807, 2.05) is 0 Å². The molecule has 0 atom stereocenters. The van der Waals surface area contributed by atoms with Gasteiger partial charge >= 0.3 is 0 Å². The summed E-state index contributed by atoms with van der Waals surface area (Å²) in [5, 5.41) is 0.484. The van der Waals surface area contributed by atoms with Crippen molar-refractivity contribution in [2.24, 2.45) is 7.05 Å². The predicted molar refractivity (Wildman–Crippen MR) is 93.6 cm³/mol. The van der Waals surface area contributed by atoms with Gasteiger partial charge in [0.1, 0.15) is 5.82 Å². The van der Waals surface area contributed by atoms with Crippen LogP contribution in [0.3, 0.4) is 0 Å². The maximum Gasteiger partial charge on any atom is 0.261 e. The molecule has 4 rings (SSSR count). The van der Waals surface area contributed by atoms with Crippen LogP contribution >= 0.6 is 0 Å². The van der Waals surface area contributed by atoms with E-state index in [1.54, 1.807) is 37.4 Å². The minimum Gasteiger partial charge on any atom is -0.454 e. The van der Waals surface area contributed by atoms with Gasteiger partial charge in [0, 0.05) is 13.1 Å². The van der Waals surface area contributed by atoms with Gasteiger partial charge in [0.05, 0.1) is 22.3 Å². The average Bonchev–Trinajstić information content (AvgIpc) is 3.11. The molecule has 0 bridgehead atoms. The van der Waals surface area contributed by atoms with Crippen LogP contribution in [0.4, 0.5) is 0 Å². The highest BCUT2D eigenvalue weighted by Gasteiger charge is 2.21. The second kappa shape index (κ2) is 6.11. The molecule has 2 aromatic carbocycles. The number of fused-ring (bicyclic) bond motifs is 2. The van der Waals surface area contributed by atoms with E-state index < -0.39 is 10.0 Å². The Labute approximate surface area is 149 Å². The van der Waals surface area contributed by atoms with Crippen molar-refractivity contribution in [1.29, 1.82) is 0 Å². The molecule has 0 saturated heterocycles. The van der Waals surface area contributed by atoms with Crippen LogP contribution in [-0.4, -0.2) is 24.8 Å². The summed E-state index contributed by atoms with van der Waals surface area (Å²) >= 11 is 0. The Morgan fingerprint density at radius 2 is 1.92 bits per heavy atom.